The molecule has 0 saturated carbocycles. The van der Waals surface area contributed by atoms with Gasteiger partial charge in [0.05, 0.1) is 17.2 Å². The van der Waals surface area contributed by atoms with E-state index < -0.39 is 5.92 Å². The lowest BCUT2D eigenvalue weighted by molar-refractivity contribution is 0.375. The molecule has 1 aromatic heterocycles. The molecule has 124 valence electrons. The molecule has 0 spiro atoms. The van der Waals surface area contributed by atoms with Crippen molar-refractivity contribution in [2.45, 2.75) is 26.2 Å². The third-order valence-corrected chi connectivity index (χ3v) is 4.61. The molecule has 5 nitrogen and oxygen atoms in total. The fraction of sp³-hybridized carbons (Fsp3) is 0.211. The number of hydrogen-bond donors (Lipinski definition) is 1. The lowest BCUT2D eigenvalue weighted by atomic mass is 9.81. The van der Waals surface area contributed by atoms with Crippen LogP contribution in [0.1, 0.15) is 40.8 Å². The molecule has 3 rings (SSSR count). The van der Waals surface area contributed by atoms with Crippen LogP contribution in [0.25, 0.3) is 0 Å². The van der Waals surface area contributed by atoms with Crippen molar-refractivity contribution in [1.82, 2.24) is 4.98 Å². The second kappa shape index (κ2) is 6.47. The second-order valence-electron chi connectivity index (χ2n) is 5.72. The highest BCUT2D eigenvalue weighted by Gasteiger charge is 2.34. The van der Waals surface area contributed by atoms with Crippen molar-refractivity contribution in [3.05, 3.63) is 68.7 Å². The Morgan fingerprint density at radius 2 is 1.92 bits per heavy atom. The van der Waals surface area contributed by atoms with E-state index >= 15 is 0 Å². The number of allylic oxidation sites excluding steroid dienone is 1. The first-order chi connectivity index (χ1) is 12.0. The maximum absolute atomic E-state index is 9.61. The maximum atomic E-state index is 9.61. The van der Waals surface area contributed by atoms with Gasteiger partial charge in [-0.2, -0.15) is 10.5 Å². The first kappa shape index (κ1) is 16.8. The third kappa shape index (κ3) is 2.69. The topological polar surface area (TPSA) is 95.7 Å². The van der Waals surface area contributed by atoms with Crippen LogP contribution >= 0.6 is 11.6 Å². The molecule has 0 fully saturated rings. The second-order valence-corrected chi connectivity index (χ2v) is 6.16. The molecule has 1 aromatic carbocycles. The molecular formula is C19H15ClN4O. The maximum Gasteiger partial charge on any atom is 0.226 e. The van der Waals surface area contributed by atoms with Crippen LogP contribution in [0.4, 0.5) is 0 Å². The van der Waals surface area contributed by atoms with Crippen LogP contribution in [0.2, 0.25) is 5.02 Å². The van der Waals surface area contributed by atoms with Crippen LogP contribution in [0.15, 0.2) is 35.7 Å². The van der Waals surface area contributed by atoms with E-state index in [-0.39, 0.29) is 5.88 Å². The molecule has 1 atom stereocenters. The Balaban J connectivity index is 2.33. The van der Waals surface area contributed by atoms with Gasteiger partial charge in [0.2, 0.25) is 11.8 Å². The van der Waals surface area contributed by atoms with E-state index in [2.05, 4.69) is 17.1 Å². The van der Waals surface area contributed by atoms with E-state index in [4.69, 9.17) is 22.1 Å². The molecule has 25 heavy (non-hydrogen) atoms. The van der Waals surface area contributed by atoms with Gasteiger partial charge in [0.15, 0.2) is 0 Å². The van der Waals surface area contributed by atoms with Gasteiger partial charge in [0.25, 0.3) is 0 Å². The van der Waals surface area contributed by atoms with Crippen molar-refractivity contribution in [1.29, 1.82) is 10.5 Å². The summed E-state index contributed by atoms with van der Waals surface area (Å²) < 4.78 is 5.62. The van der Waals surface area contributed by atoms with Crippen molar-refractivity contribution in [2.24, 2.45) is 5.73 Å². The van der Waals surface area contributed by atoms with E-state index in [1.165, 1.54) is 0 Å². The minimum Gasteiger partial charge on any atom is -0.422 e. The zero-order valence-electron chi connectivity index (χ0n) is 13.8. The van der Waals surface area contributed by atoms with Crippen molar-refractivity contribution >= 4 is 11.6 Å². The normalized spacial score (nSPS) is 15.8. The number of fused-ring (bicyclic) bond motifs is 1. The summed E-state index contributed by atoms with van der Waals surface area (Å²) in [6.07, 6.45) is 0.598. The number of nitrogens with two attached hydrogens (primary N) is 1. The van der Waals surface area contributed by atoms with E-state index in [1.807, 2.05) is 26.0 Å². The smallest absolute Gasteiger partial charge is 0.226 e. The molecule has 2 aromatic rings. The van der Waals surface area contributed by atoms with Crippen LogP contribution in [-0.2, 0) is 6.42 Å². The lowest BCUT2D eigenvalue weighted by Crippen LogP contribution is -2.23. The number of aromatic nitrogens is 1. The molecule has 1 aliphatic rings. The molecule has 0 radical (unpaired) electrons. The molecule has 1 aliphatic heterocycles. The zero-order chi connectivity index (χ0) is 18.1. The molecule has 6 heteroatoms. The van der Waals surface area contributed by atoms with E-state index in [0.717, 1.165) is 11.1 Å². The predicted molar refractivity (Wildman–Crippen MR) is 93.8 cm³/mol. The van der Waals surface area contributed by atoms with Crippen molar-refractivity contribution < 1.29 is 4.74 Å². The Morgan fingerprint density at radius 1 is 1.24 bits per heavy atom. The van der Waals surface area contributed by atoms with Gasteiger partial charge in [-0.25, -0.2) is 4.98 Å². The number of hydrogen-bond acceptors (Lipinski definition) is 5. The van der Waals surface area contributed by atoms with Crippen LogP contribution in [0.3, 0.4) is 0 Å². The van der Waals surface area contributed by atoms with Crippen molar-refractivity contribution in [2.75, 3.05) is 0 Å². The Bertz CT molecular complexity index is 965. The number of pyridine rings is 1. The van der Waals surface area contributed by atoms with Gasteiger partial charge in [-0.1, -0.05) is 30.7 Å². The number of halogens is 1. The Labute approximate surface area is 150 Å². The summed E-state index contributed by atoms with van der Waals surface area (Å²) in [4.78, 5) is 4.48. The first-order valence-electron chi connectivity index (χ1n) is 7.78. The summed E-state index contributed by atoms with van der Waals surface area (Å²) in [5.74, 6) is -0.0602. The average Bonchev–Trinajstić information content (AvgIpc) is 2.61. The molecule has 2 N–H and O–H groups in total. The van der Waals surface area contributed by atoms with Crippen LogP contribution in [0, 0.1) is 29.6 Å². The van der Waals surface area contributed by atoms with Gasteiger partial charge in [0, 0.05) is 10.6 Å². The highest BCUT2D eigenvalue weighted by Crippen LogP contribution is 2.44. The molecule has 0 aliphatic carbocycles. The van der Waals surface area contributed by atoms with Gasteiger partial charge in [-0.3, -0.25) is 0 Å². The Morgan fingerprint density at radius 3 is 2.48 bits per heavy atom. The van der Waals surface area contributed by atoms with Gasteiger partial charge in [0.1, 0.15) is 17.7 Å². The minimum atomic E-state index is -0.448. The number of nitrogens with zero attached hydrogens (tertiary/aromatic N) is 3. The number of nitriles is 2. The van der Waals surface area contributed by atoms with Gasteiger partial charge in [-0.05, 0) is 36.6 Å². The molecule has 1 unspecified atom stereocenters. The summed E-state index contributed by atoms with van der Waals surface area (Å²) >= 11 is 5.99. The average molecular weight is 351 g/mol. The van der Waals surface area contributed by atoms with Gasteiger partial charge in [-0.15, -0.1) is 0 Å². The fourth-order valence-electron chi connectivity index (χ4n) is 3.13. The molecule has 0 amide bonds. The summed E-state index contributed by atoms with van der Waals surface area (Å²) in [6, 6.07) is 11.5. The van der Waals surface area contributed by atoms with Crippen LogP contribution in [-0.4, -0.2) is 4.98 Å². The van der Waals surface area contributed by atoms with E-state index in [9.17, 15) is 10.5 Å². The number of ether oxygens (including phenoxy) is 1. The first-order valence-corrected chi connectivity index (χ1v) is 8.16. The lowest BCUT2D eigenvalue weighted by Gasteiger charge is -2.28. The van der Waals surface area contributed by atoms with Crippen LogP contribution < -0.4 is 10.5 Å². The summed E-state index contributed by atoms with van der Waals surface area (Å²) in [5, 5.41) is 19.8. The molecule has 2 heterocycles. The minimum absolute atomic E-state index is 0.0358. The SMILES string of the molecule is CCc1nc2c(c(C)c1C#N)C(c1ccc(Cl)cc1)C(C#N)=C(N)O2. The summed E-state index contributed by atoms with van der Waals surface area (Å²) in [7, 11) is 0. The van der Waals surface area contributed by atoms with Crippen molar-refractivity contribution in [3.8, 4) is 18.0 Å². The van der Waals surface area contributed by atoms with Crippen molar-refractivity contribution in [3.63, 3.8) is 0 Å². The predicted octanol–water partition coefficient (Wildman–Crippen LogP) is 3.70. The standard InChI is InChI=1S/C19H15ClN4O/c1-3-15-13(8-21)10(2)16-17(11-4-6-12(20)7-5-11)14(9-22)18(23)25-19(16)24-15/h4-7,17H,3,23H2,1-2H3. The summed E-state index contributed by atoms with van der Waals surface area (Å²) in [6.45, 7) is 3.77. The van der Waals surface area contributed by atoms with Gasteiger partial charge < -0.3 is 10.5 Å². The van der Waals surface area contributed by atoms with Crippen LogP contribution in [0.5, 0.6) is 5.88 Å². The molecule has 0 saturated heterocycles. The third-order valence-electron chi connectivity index (χ3n) is 4.35. The van der Waals surface area contributed by atoms with Gasteiger partial charge >= 0.3 is 0 Å². The largest absolute Gasteiger partial charge is 0.422 e. The monoisotopic (exact) mass is 350 g/mol. The summed E-state index contributed by atoms with van der Waals surface area (Å²) in [5.41, 5.74) is 9.74. The fourth-order valence-corrected chi connectivity index (χ4v) is 3.25. The quantitative estimate of drug-likeness (QED) is 0.890. The molecule has 0 bridgehead atoms. The van der Waals surface area contributed by atoms with E-state index in [1.54, 1.807) is 12.1 Å². The van der Waals surface area contributed by atoms with E-state index in [0.29, 0.717) is 39.7 Å². The highest BCUT2D eigenvalue weighted by atomic mass is 35.5. The highest BCUT2D eigenvalue weighted by molar-refractivity contribution is 6.30. The Kier molecular flexibility index (Phi) is 4.35. The number of aryl methyl sites for hydroxylation is 1. The zero-order valence-corrected chi connectivity index (χ0v) is 14.6. The number of benzene rings is 1. The molecular weight excluding hydrogens is 336 g/mol. The number of rotatable bonds is 2. The Hall–Kier alpha value is -3.02.